The molecule has 6 heteroatoms. The zero-order valence-electron chi connectivity index (χ0n) is 10.8. The standard InChI is InChI=1S/C13H15N3O2S/c1-3-4-12(18)15-9-5-6-10-11(7-9)19-13(16-10)14-8(2)17/h5-7H,3-4H2,1-2H3,(H,15,18)(H,14,16,17). The molecule has 2 amide bonds. The van der Waals surface area contributed by atoms with Crippen LogP contribution in [0.25, 0.3) is 10.2 Å². The third-order valence-corrected chi connectivity index (χ3v) is 3.37. The van der Waals surface area contributed by atoms with Crippen LogP contribution in [0.1, 0.15) is 26.7 Å². The highest BCUT2D eigenvalue weighted by Crippen LogP contribution is 2.28. The van der Waals surface area contributed by atoms with Gasteiger partial charge >= 0.3 is 0 Å². The first-order valence-electron chi connectivity index (χ1n) is 6.06. The van der Waals surface area contributed by atoms with Gasteiger partial charge in [-0.05, 0) is 24.6 Å². The summed E-state index contributed by atoms with van der Waals surface area (Å²) < 4.78 is 0.929. The third-order valence-electron chi connectivity index (χ3n) is 2.43. The van der Waals surface area contributed by atoms with Crippen LogP contribution in [0.4, 0.5) is 10.8 Å². The summed E-state index contributed by atoms with van der Waals surface area (Å²) in [5.41, 5.74) is 1.56. The highest BCUT2D eigenvalue weighted by atomic mass is 32.1. The van der Waals surface area contributed by atoms with E-state index in [0.29, 0.717) is 11.6 Å². The van der Waals surface area contributed by atoms with Crippen LogP contribution in [0.5, 0.6) is 0 Å². The predicted octanol–water partition coefficient (Wildman–Crippen LogP) is 2.99. The molecule has 0 saturated heterocycles. The molecular weight excluding hydrogens is 262 g/mol. The monoisotopic (exact) mass is 277 g/mol. The van der Waals surface area contributed by atoms with Crippen molar-refractivity contribution in [2.75, 3.05) is 10.6 Å². The van der Waals surface area contributed by atoms with Crippen molar-refractivity contribution in [3.8, 4) is 0 Å². The van der Waals surface area contributed by atoms with Crippen molar-refractivity contribution in [1.82, 2.24) is 4.98 Å². The Kier molecular flexibility index (Phi) is 4.11. The van der Waals surface area contributed by atoms with Crippen molar-refractivity contribution in [3.05, 3.63) is 18.2 Å². The average molecular weight is 277 g/mol. The van der Waals surface area contributed by atoms with E-state index in [0.717, 1.165) is 22.3 Å². The molecule has 1 aromatic carbocycles. The van der Waals surface area contributed by atoms with Gasteiger partial charge in [0.05, 0.1) is 10.2 Å². The van der Waals surface area contributed by atoms with E-state index in [9.17, 15) is 9.59 Å². The number of hydrogen-bond acceptors (Lipinski definition) is 4. The van der Waals surface area contributed by atoms with Gasteiger partial charge in [-0.3, -0.25) is 9.59 Å². The molecule has 2 aromatic rings. The first kappa shape index (κ1) is 13.5. The summed E-state index contributed by atoms with van der Waals surface area (Å²) in [6, 6.07) is 5.51. The maximum Gasteiger partial charge on any atom is 0.224 e. The third kappa shape index (κ3) is 3.51. The first-order valence-corrected chi connectivity index (χ1v) is 6.88. The van der Waals surface area contributed by atoms with Gasteiger partial charge in [0.2, 0.25) is 11.8 Å². The lowest BCUT2D eigenvalue weighted by molar-refractivity contribution is -0.116. The lowest BCUT2D eigenvalue weighted by Gasteiger charge is -2.03. The number of carbonyl (C=O) groups excluding carboxylic acids is 2. The molecule has 0 aliphatic carbocycles. The summed E-state index contributed by atoms with van der Waals surface area (Å²) in [7, 11) is 0. The Balaban J connectivity index is 2.20. The van der Waals surface area contributed by atoms with E-state index in [1.165, 1.54) is 18.3 Å². The number of amides is 2. The SMILES string of the molecule is CCCC(=O)Nc1ccc2nc(NC(C)=O)sc2c1. The van der Waals surface area contributed by atoms with E-state index in [1.807, 2.05) is 25.1 Å². The zero-order chi connectivity index (χ0) is 13.8. The maximum absolute atomic E-state index is 11.5. The number of thiazole rings is 1. The van der Waals surface area contributed by atoms with Crippen molar-refractivity contribution in [1.29, 1.82) is 0 Å². The van der Waals surface area contributed by atoms with E-state index < -0.39 is 0 Å². The summed E-state index contributed by atoms with van der Waals surface area (Å²) in [4.78, 5) is 26.8. The Hall–Kier alpha value is -1.95. The molecule has 0 atom stereocenters. The molecule has 1 heterocycles. The molecule has 0 radical (unpaired) electrons. The molecule has 19 heavy (non-hydrogen) atoms. The number of hydrogen-bond donors (Lipinski definition) is 2. The fraction of sp³-hybridized carbons (Fsp3) is 0.308. The van der Waals surface area contributed by atoms with Gasteiger partial charge in [0.25, 0.3) is 0 Å². The second kappa shape index (κ2) is 5.79. The molecule has 0 aliphatic heterocycles. The lowest BCUT2D eigenvalue weighted by Crippen LogP contribution is -2.10. The van der Waals surface area contributed by atoms with Gasteiger partial charge in [-0.1, -0.05) is 18.3 Å². The van der Waals surface area contributed by atoms with E-state index in [4.69, 9.17) is 0 Å². The van der Waals surface area contributed by atoms with E-state index in [2.05, 4.69) is 15.6 Å². The largest absolute Gasteiger partial charge is 0.326 e. The van der Waals surface area contributed by atoms with Gasteiger partial charge in [0.1, 0.15) is 0 Å². The maximum atomic E-state index is 11.5. The summed E-state index contributed by atoms with van der Waals surface area (Å²) in [6.07, 6.45) is 1.33. The number of nitrogens with zero attached hydrogens (tertiary/aromatic N) is 1. The first-order chi connectivity index (χ1) is 9.08. The quantitative estimate of drug-likeness (QED) is 0.902. The highest BCUT2D eigenvalue weighted by molar-refractivity contribution is 7.22. The van der Waals surface area contributed by atoms with Crippen LogP contribution in [0.2, 0.25) is 0 Å². The van der Waals surface area contributed by atoms with Crippen molar-refractivity contribution < 1.29 is 9.59 Å². The van der Waals surface area contributed by atoms with Crippen LogP contribution in [0, 0.1) is 0 Å². The van der Waals surface area contributed by atoms with Crippen molar-refractivity contribution in [2.45, 2.75) is 26.7 Å². The molecule has 0 unspecified atom stereocenters. The number of carbonyl (C=O) groups is 2. The van der Waals surface area contributed by atoms with Gasteiger partial charge in [-0.15, -0.1) is 0 Å². The molecule has 2 rings (SSSR count). The van der Waals surface area contributed by atoms with Crippen LogP contribution in [-0.2, 0) is 9.59 Å². The van der Waals surface area contributed by atoms with Gasteiger partial charge in [-0.25, -0.2) is 4.98 Å². The average Bonchev–Trinajstić information content (AvgIpc) is 2.69. The molecule has 100 valence electrons. The second-order valence-corrected chi connectivity index (χ2v) is 5.21. The van der Waals surface area contributed by atoms with Gasteiger partial charge in [-0.2, -0.15) is 0 Å². The van der Waals surface area contributed by atoms with Gasteiger partial charge < -0.3 is 10.6 Å². The number of anilines is 2. The normalized spacial score (nSPS) is 10.4. The minimum absolute atomic E-state index is 0.00782. The Bertz CT molecular complexity index is 621. The molecule has 0 bridgehead atoms. The van der Waals surface area contributed by atoms with Crippen molar-refractivity contribution in [3.63, 3.8) is 0 Å². The Morgan fingerprint density at radius 3 is 2.79 bits per heavy atom. The van der Waals surface area contributed by atoms with Crippen molar-refractivity contribution >= 4 is 44.2 Å². The number of fused-ring (bicyclic) bond motifs is 1. The number of aromatic nitrogens is 1. The summed E-state index contributed by atoms with van der Waals surface area (Å²) in [6.45, 7) is 3.41. The van der Waals surface area contributed by atoms with E-state index in [1.54, 1.807) is 0 Å². The minimum atomic E-state index is -0.143. The topological polar surface area (TPSA) is 71.1 Å². The smallest absolute Gasteiger partial charge is 0.224 e. The van der Waals surface area contributed by atoms with E-state index in [-0.39, 0.29) is 11.8 Å². The van der Waals surface area contributed by atoms with Gasteiger partial charge in [0.15, 0.2) is 5.13 Å². The van der Waals surface area contributed by atoms with Gasteiger partial charge in [0, 0.05) is 19.0 Å². The minimum Gasteiger partial charge on any atom is -0.326 e. The van der Waals surface area contributed by atoms with Crippen LogP contribution in [-0.4, -0.2) is 16.8 Å². The Labute approximate surface area is 115 Å². The zero-order valence-corrected chi connectivity index (χ0v) is 11.6. The number of nitrogens with one attached hydrogen (secondary N) is 2. The van der Waals surface area contributed by atoms with Crippen molar-refractivity contribution in [2.24, 2.45) is 0 Å². The fourth-order valence-corrected chi connectivity index (χ4v) is 2.61. The Morgan fingerprint density at radius 2 is 2.11 bits per heavy atom. The summed E-state index contributed by atoms with van der Waals surface area (Å²) in [5, 5.41) is 6.06. The molecule has 2 N–H and O–H groups in total. The molecule has 0 fully saturated rings. The lowest BCUT2D eigenvalue weighted by atomic mass is 10.2. The van der Waals surface area contributed by atoms with Crippen LogP contribution in [0.15, 0.2) is 18.2 Å². The summed E-state index contributed by atoms with van der Waals surface area (Å²) in [5.74, 6) is -0.135. The molecule has 0 aliphatic rings. The molecular formula is C13H15N3O2S. The number of benzene rings is 1. The summed E-state index contributed by atoms with van der Waals surface area (Å²) >= 11 is 1.39. The molecule has 0 saturated carbocycles. The van der Waals surface area contributed by atoms with Crippen LogP contribution >= 0.6 is 11.3 Å². The molecule has 5 nitrogen and oxygen atoms in total. The van der Waals surface area contributed by atoms with E-state index >= 15 is 0 Å². The van der Waals surface area contributed by atoms with Crippen LogP contribution in [0.3, 0.4) is 0 Å². The fourth-order valence-electron chi connectivity index (χ4n) is 1.66. The molecule has 1 aromatic heterocycles. The van der Waals surface area contributed by atoms with Crippen LogP contribution < -0.4 is 10.6 Å². The highest BCUT2D eigenvalue weighted by Gasteiger charge is 2.07. The Morgan fingerprint density at radius 1 is 1.32 bits per heavy atom. The number of rotatable bonds is 4. The molecule has 0 spiro atoms. The second-order valence-electron chi connectivity index (χ2n) is 4.18. The predicted molar refractivity (Wildman–Crippen MR) is 77.5 cm³/mol.